The third-order valence-corrected chi connectivity index (χ3v) is 2.99. The van der Waals surface area contributed by atoms with Crippen LogP contribution in [0.15, 0.2) is 30.6 Å². The van der Waals surface area contributed by atoms with Crippen LogP contribution in [-0.4, -0.2) is 12.1 Å². The van der Waals surface area contributed by atoms with E-state index in [-0.39, 0.29) is 10.6 Å². The van der Waals surface area contributed by atoms with Gasteiger partial charge in [0.05, 0.1) is 24.4 Å². The first-order valence-electron chi connectivity index (χ1n) is 5.42. The number of benzene rings is 1. The van der Waals surface area contributed by atoms with Crippen LogP contribution in [0.2, 0.25) is 5.02 Å². The van der Waals surface area contributed by atoms with Crippen LogP contribution in [0.3, 0.4) is 0 Å². The van der Waals surface area contributed by atoms with Crippen molar-refractivity contribution < 1.29 is 13.5 Å². The van der Waals surface area contributed by atoms with Gasteiger partial charge in [-0.15, -0.1) is 0 Å². The Kier molecular flexibility index (Phi) is 3.97. The van der Waals surface area contributed by atoms with Crippen molar-refractivity contribution in [1.29, 1.82) is 0 Å². The quantitative estimate of drug-likeness (QED) is 0.881. The standard InChI is InChI=1S/C13H11ClF2N2O/c1-19-8-2-7(5-18-6-8)13(17)9-3-12(16)10(14)4-11(9)15/h2-6,13H,17H2,1H3. The average molecular weight is 285 g/mol. The number of aromatic nitrogens is 1. The highest BCUT2D eigenvalue weighted by Gasteiger charge is 2.17. The molecular weight excluding hydrogens is 274 g/mol. The number of halogens is 3. The molecule has 3 nitrogen and oxygen atoms in total. The summed E-state index contributed by atoms with van der Waals surface area (Å²) >= 11 is 5.50. The minimum absolute atomic E-state index is 0.0111. The summed E-state index contributed by atoms with van der Waals surface area (Å²) in [6.07, 6.45) is 2.97. The lowest BCUT2D eigenvalue weighted by Crippen LogP contribution is -2.14. The first-order valence-corrected chi connectivity index (χ1v) is 5.79. The maximum Gasteiger partial charge on any atom is 0.142 e. The van der Waals surface area contributed by atoms with E-state index in [1.54, 1.807) is 6.07 Å². The molecule has 0 saturated carbocycles. The first-order chi connectivity index (χ1) is 9.02. The predicted octanol–water partition coefficient (Wildman–Crippen LogP) is 3.07. The molecule has 19 heavy (non-hydrogen) atoms. The molecule has 0 spiro atoms. The first kappa shape index (κ1) is 13.7. The van der Waals surface area contributed by atoms with Crippen LogP contribution in [0.1, 0.15) is 17.2 Å². The van der Waals surface area contributed by atoms with Crippen molar-refractivity contribution in [3.05, 3.63) is 58.4 Å². The molecule has 0 bridgehead atoms. The zero-order chi connectivity index (χ0) is 14.0. The molecular formula is C13H11ClF2N2O. The molecule has 0 aliphatic rings. The van der Waals surface area contributed by atoms with Gasteiger partial charge in [0, 0.05) is 11.8 Å². The third kappa shape index (κ3) is 2.83. The third-order valence-electron chi connectivity index (χ3n) is 2.70. The Labute approximate surface area is 114 Å². The lowest BCUT2D eigenvalue weighted by atomic mass is 10.0. The fourth-order valence-electron chi connectivity index (χ4n) is 1.67. The largest absolute Gasteiger partial charge is 0.495 e. The van der Waals surface area contributed by atoms with Gasteiger partial charge in [-0.25, -0.2) is 8.78 Å². The maximum absolute atomic E-state index is 13.8. The zero-order valence-corrected chi connectivity index (χ0v) is 10.8. The van der Waals surface area contributed by atoms with Gasteiger partial charge in [0.25, 0.3) is 0 Å². The van der Waals surface area contributed by atoms with Crippen LogP contribution >= 0.6 is 11.6 Å². The molecule has 1 atom stereocenters. The van der Waals surface area contributed by atoms with E-state index >= 15 is 0 Å². The number of nitrogens with zero attached hydrogens (tertiary/aromatic N) is 1. The Bertz CT molecular complexity index is 607. The van der Waals surface area contributed by atoms with Crippen molar-refractivity contribution in [2.24, 2.45) is 5.73 Å². The molecule has 0 amide bonds. The molecule has 1 aromatic heterocycles. The van der Waals surface area contributed by atoms with E-state index in [4.69, 9.17) is 22.1 Å². The van der Waals surface area contributed by atoms with Crippen LogP contribution < -0.4 is 10.5 Å². The van der Waals surface area contributed by atoms with Crippen LogP contribution in [0.25, 0.3) is 0 Å². The summed E-state index contributed by atoms with van der Waals surface area (Å²) in [5.41, 5.74) is 6.44. The van der Waals surface area contributed by atoms with Crippen LogP contribution in [0.4, 0.5) is 8.78 Å². The molecule has 0 saturated heterocycles. The van der Waals surface area contributed by atoms with Gasteiger partial charge in [-0.05, 0) is 23.8 Å². The van der Waals surface area contributed by atoms with Crippen LogP contribution in [-0.2, 0) is 0 Å². The van der Waals surface area contributed by atoms with Gasteiger partial charge in [-0.2, -0.15) is 0 Å². The van der Waals surface area contributed by atoms with E-state index < -0.39 is 17.7 Å². The number of ether oxygens (including phenoxy) is 1. The fourth-order valence-corrected chi connectivity index (χ4v) is 1.82. The molecule has 1 aromatic carbocycles. The molecule has 6 heteroatoms. The van der Waals surface area contributed by atoms with Crippen LogP contribution in [0.5, 0.6) is 5.75 Å². The van der Waals surface area contributed by atoms with Crippen molar-refractivity contribution in [2.45, 2.75) is 6.04 Å². The average Bonchev–Trinajstić information content (AvgIpc) is 2.42. The molecule has 1 unspecified atom stereocenters. The summed E-state index contributed by atoms with van der Waals surface area (Å²) < 4.78 is 32.2. The summed E-state index contributed by atoms with van der Waals surface area (Å²) in [4.78, 5) is 3.92. The highest BCUT2D eigenvalue weighted by molar-refractivity contribution is 6.30. The molecule has 100 valence electrons. The summed E-state index contributed by atoms with van der Waals surface area (Å²) in [7, 11) is 1.48. The van der Waals surface area contributed by atoms with Gasteiger partial charge in [0.2, 0.25) is 0 Å². The topological polar surface area (TPSA) is 48.1 Å². The van der Waals surface area contributed by atoms with E-state index in [0.717, 1.165) is 12.1 Å². The smallest absolute Gasteiger partial charge is 0.142 e. The number of pyridine rings is 1. The molecule has 0 aliphatic carbocycles. The van der Waals surface area contributed by atoms with Gasteiger partial charge < -0.3 is 10.5 Å². The van der Waals surface area contributed by atoms with Gasteiger partial charge >= 0.3 is 0 Å². The number of nitrogens with two attached hydrogens (primary N) is 1. The maximum atomic E-state index is 13.8. The van der Waals surface area contributed by atoms with E-state index in [1.165, 1.54) is 19.5 Å². The SMILES string of the molecule is COc1cncc(C(N)c2cc(F)c(Cl)cc2F)c1. The summed E-state index contributed by atoms with van der Waals surface area (Å²) in [6, 6.07) is 2.65. The molecule has 2 aromatic rings. The normalized spacial score (nSPS) is 12.3. The van der Waals surface area contributed by atoms with E-state index in [9.17, 15) is 8.78 Å². The van der Waals surface area contributed by atoms with Crippen molar-refractivity contribution in [1.82, 2.24) is 4.98 Å². The second kappa shape index (κ2) is 5.50. The van der Waals surface area contributed by atoms with Crippen LogP contribution in [0, 0.1) is 11.6 Å². The van der Waals surface area contributed by atoms with E-state index in [2.05, 4.69) is 4.98 Å². The highest BCUT2D eigenvalue weighted by atomic mass is 35.5. The van der Waals surface area contributed by atoms with Crippen molar-refractivity contribution >= 4 is 11.6 Å². The monoisotopic (exact) mass is 284 g/mol. The van der Waals surface area contributed by atoms with E-state index in [0.29, 0.717) is 11.3 Å². The molecule has 2 rings (SSSR count). The minimum atomic E-state index is -0.852. The van der Waals surface area contributed by atoms with Gasteiger partial charge in [0.1, 0.15) is 17.4 Å². The molecule has 2 N–H and O–H groups in total. The van der Waals surface area contributed by atoms with Gasteiger partial charge in [-0.3, -0.25) is 4.98 Å². The summed E-state index contributed by atoms with van der Waals surface area (Å²) in [5, 5.41) is -0.280. The Balaban J connectivity index is 2.43. The number of hydrogen-bond acceptors (Lipinski definition) is 3. The van der Waals surface area contributed by atoms with Gasteiger partial charge in [-0.1, -0.05) is 11.6 Å². The van der Waals surface area contributed by atoms with Crippen molar-refractivity contribution in [3.8, 4) is 5.75 Å². The molecule has 1 heterocycles. The second-order valence-corrected chi connectivity index (χ2v) is 4.33. The van der Waals surface area contributed by atoms with Gasteiger partial charge in [0.15, 0.2) is 0 Å². The molecule has 0 fully saturated rings. The Morgan fingerprint density at radius 3 is 2.63 bits per heavy atom. The Hall–Kier alpha value is -1.72. The molecule has 0 aliphatic heterocycles. The Morgan fingerprint density at radius 2 is 1.95 bits per heavy atom. The van der Waals surface area contributed by atoms with Crippen molar-refractivity contribution in [3.63, 3.8) is 0 Å². The predicted molar refractivity (Wildman–Crippen MR) is 68.2 cm³/mol. The zero-order valence-electron chi connectivity index (χ0n) is 10.0. The number of hydrogen-bond donors (Lipinski definition) is 1. The summed E-state index contributed by atoms with van der Waals surface area (Å²) in [6.45, 7) is 0. The summed E-state index contributed by atoms with van der Waals surface area (Å²) in [5.74, 6) is -0.895. The number of methoxy groups -OCH3 is 1. The minimum Gasteiger partial charge on any atom is -0.495 e. The lowest BCUT2D eigenvalue weighted by Gasteiger charge is -2.14. The van der Waals surface area contributed by atoms with E-state index in [1.807, 2.05) is 0 Å². The fraction of sp³-hybridized carbons (Fsp3) is 0.154. The Morgan fingerprint density at radius 1 is 1.21 bits per heavy atom. The molecule has 0 radical (unpaired) electrons. The lowest BCUT2D eigenvalue weighted by molar-refractivity contribution is 0.412. The van der Waals surface area contributed by atoms with Crippen molar-refractivity contribution in [2.75, 3.05) is 7.11 Å². The second-order valence-electron chi connectivity index (χ2n) is 3.92. The highest BCUT2D eigenvalue weighted by Crippen LogP contribution is 2.27. The number of rotatable bonds is 3.